The van der Waals surface area contributed by atoms with Crippen molar-refractivity contribution < 1.29 is 0 Å². The third-order valence-electron chi connectivity index (χ3n) is 8.12. The van der Waals surface area contributed by atoms with E-state index in [9.17, 15) is 0 Å². The standard InChI is InChI=1S/C35H35N5/c1-18-15-20(3)29-24(16-18)27-25-21(13-14-36-27)17-23(26-22-12-10-11-19(2)28(22)40(29)30(25)26)31-37-32(34(4,5)6)39-33(38-31)35(7,8)9/h10-17H,1-9H3. The van der Waals surface area contributed by atoms with Gasteiger partial charge in [-0.15, -0.1) is 0 Å². The minimum Gasteiger partial charge on any atom is -0.307 e. The molecule has 0 radical (unpaired) electrons. The summed E-state index contributed by atoms with van der Waals surface area (Å²) in [5.74, 6) is 2.36. The first kappa shape index (κ1) is 24.9. The molecule has 0 aliphatic rings. The lowest BCUT2D eigenvalue weighted by Gasteiger charge is -2.23. The summed E-state index contributed by atoms with van der Waals surface area (Å²) in [6.45, 7) is 19.6. The molecule has 7 aromatic rings. The van der Waals surface area contributed by atoms with Gasteiger partial charge in [0.05, 0.1) is 22.1 Å². The molecule has 0 fully saturated rings. The first-order valence-electron chi connectivity index (χ1n) is 14.1. The second-order valence-electron chi connectivity index (χ2n) is 13.5. The van der Waals surface area contributed by atoms with Crippen LogP contribution in [0.4, 0.5) is 0 Å². The predicted molar refractivity (Wildman–Crippen MR) is 167 cm³/mol. The lowest BCUT2D eigenvalue weighted by molar-refractivity contribution is 0.497. The molecule has 0 aliphatic carbocycles. The molecule has 0 atom stereocenters. The third kappa shape index (κ3) is 3.39. The van der Waals surface area contributed by atoms with Gasteiger partial charge in [-0.3, -0.25) is 4.98 Å². The minimum absolute atomic E-state index is 0.214. The average molecular weight is 526 g/mol. The van der Waals surface area contributed by atoms with Gasteiger partial charge in [-0.25, -0.2) is 15.0 Å². The summed E-state index contributed by atoms with van der Waals surface area (Å²) in [6.07, 6.45) is 1.94. The van der Waals surface area contributed by atoms with Crippen molar-refractivity contribution in [3.63, 3.8) is 0 Å². The van der Waals surface area contributed by atoms with E-state index in [0.717, 1.165) is 33.9 Å². The van der Waals surface area contributed by atoms with Gasteiger partial charge in [-0.2, -0.15) is 0 Å². The Morgan fingerprint density at radius 1 is 0.650 bits per heavy atom. The number of aromatic nitrogens is 5. The van der Waals surface area contributed by atoms with Crippen LogP contribution in [0.3, 0.4) is 0 Å². The Labute approximate surface area is 234 Å². The van der Waals surface area contributed by atoms with Crippen LogP contribution in [-0.4, -0.2) is 24.3 Å². The van der Waals surface area contributed by atoms with Crippen LogP contribution < -0.4 is 0 Å². The van der Waals surface area contributed by atoms with Crippen LogP contribution in [-0.2, 0) is 10.8 Å². The van der Waals surface area contributed by atoms with Crippen molar-refractivity contribution in [1.29, 1.82) is 0 Å². The number of hydrogen-bond donors (Lipinski definition) is 0. The quantitative estimate of drug-likeness (QED) is 0.159. The van der Waals surface area contributed by atoms with E-state index in [0.29, 0.717) is 0 Å². The van der Waals surface area contributed by atoms with Gasteiger partial charge < -0.3 is 4.40 Å². The Morgan fingerprint density at radius 3 is 2.00 bits per heavy atom. The van der Waals surface area contributed by atoms with Gasteiger partial charge in [-0.1, -0.05) is 71.4 Å². The summed E-state index contributed by atoms with van der Waals surface area (Å²) in [7, 11) is 0. The largest absolute Gasteiger partial charge is 0.307 e. The first-order chi connectivity index (χ1) is 18.8. The van der Waals surface area contributed by atoms with Crippen LogP contribution in [0.15, 0.2) is 48.7 Å². The van der Waals surface area contributed by atoms with Crippen LogP contribution in [0.2, 0.25) is 0 Å². The molecule has 0 N–H and O–H groups in total. The molecule has 4 heterocycles. The van der Waals surface area contributed by atoms with Gasteiger partial charge in [0.25, 0.3) is 0 Å². The SMILES string of the molecule is Cc1cc(C)c2c(c1)c1nccc3cc(-c4nc(C(C)(C)C)nc(C(C)(C)C)n4)c4c5cccc(C)c5n2c4c31. The van der Waals surface area contributed by atoms with Gasteiger partial charge >= 0.3 is 0 Å². The molecule has 0 saturated heterocycles. The minimum atomic E-state index is -0.214. The van der Waals surface area contributed by atoms with Crippen LogP contribution >= 0.6 is 0 Å². The van der Waals surface area contributed by atoms with Crippen molar-refractivity contribution in [2.45, 2.75) is 73.1 Å². The van der Waals surface area contributed by atoms with E-state index in [4.69, 9.17) is 19.9 Å². The van der Waals surface area contributed by atoms with E-state index >= 15 is 0 Å². The molecule has 3 aromatic carbocycles. The summed E-state index contributed by atoms with van der Waals surface area (Å²) in [6, 6.07) is 15.6. The normalized spacial score (nSPS) is 13.1. The van der Waals surface area contributed by atoms with Crippen molar-refractivity contribution in [3.05, 3.63) is 77.0 Å². The number of aryl methyl sites for hydroxylation is 3. The van der Waals surface area contributed by atoms with E-state index in [1.807, 2.05) is 6.20 Å². The fraction of sp³-hybridized carbons (Fsp3) is 0.314. The van der Waals surface area contributed by atoms with Crippen molar-refractivity contribution in [1.82, 2.24) is 24.3 Å². The number of nitrogens with zero attached hydrogens (tertiary/aromatic N) is 5. The second kappa shape index (κ2) is 7.97. The van der Waals surface area contributed by atoms with Gasteiger partial charge in [0.1, 0.15) is 11.6 Å². The molecular weight excluding hydrogens is 490 g/mol. The highest BCUT2D eigenvalue weighted by Gasteiger charge is 2.28. The summed E-state index contributed by atoms with van der Waals surface area (Å²) in [5.41, 5.74) is 9.03. The van der Waals surface area contributed by atoms with E-state index in [1.54, 1.807) is 0 Å². The molecule has 7 rings (SSSR count). The number of rotatable bonds is 1. The monoisotopic (exact) mass is 525 g/mol. The van der Waals surface area contributed by atoms with Crippen molar-refractivity contribution >= 4 is 49.0 Å². The molecular formula is C35H35N5. The average Bonchev–Trinajstić information content (AvgIpc) is 3.23. The number of para-hydroxylation sites is 1. The number of benzene rings is 3. The fourth-order valence-electron chi connectivity index (χ4n) is 6.30. The summed E-state index contributed by atoms with van der Waals surface area (Å²) in [4.78, 5) is 20.2. The molecule has 5 nitrogen and oxygen atoms in total. The van der Waals surface area contributed by atoms with Crippen molar-refractivity contribution in [2.75, 3.05) is 0 Å². The highest BCUT2D eigenvalue weighted by molar-refractivity contribution is 6.31. The zero-order valence-electron chi connectivity index (χ0n) is 24.9. The Balaban J connectivity index is 1.78. The van der Waals surface area contributed by atoms with Crippen LogP contribution in [0.1, 0.15) is 69.9 Å². The molecule has 0 saturated carbocycles. The maximum atomic E-state index is 5.15. The Kier molecular flexibility index (Phi) is 4.96. The molecule has 0 spiro atoms. The van der Waals surface area contributed by atoms with Crippen LogP contribution in [0, 0.1) is 20.8 Å². The zero-order chi connectivity index (χ0) is 28.3. The second-order valence-corrected chi connectivity index (χ2v) is 13.5. The van der Waals surface area contributed by atoms with Gasteiger partial charge in [-0.05, 0) is 55.5 Å². The summed E-state index contributed by atoms with van der Waals surface area (Å²) in [5, 5.41) is 5.92. The summed E-state index contributed by atoms with van der Waals surface area (Å²) < 4.78 is 2.49. The highest BCUT2D eigenvalue weighted by atomic mass is 15.1. The molecule has 0 amide bonds. The molecule has 4 aromatic heterocycles. The van der Waals surface area contributed by atoms with E-state index in [1.165, 1.54) is 54.8 Å². The van der Waals surface area contributed by atoms with Crippen molar-refractivity contribution in [2.24, 2.45) is 0 Å². The van der Waals surface area contributed by atoms with E-state index < -0.39 is 0 Å². The molecule has 0 unspecified atom stereocenters. The lowest BCUT2D eigenvalue weighted by atomic mass is 9.92. The summed E-state index contributed by atoms with van der Waals surface area (Å²) >= 11 is 0. The Bertz CT molecular complexity index is 2120. The molecule has 200 valence electrons. The number of hydrogen-bond acceptors (Lipinski definition) is 4. The van der Waals surface area contributed by atoms with Gasteiger partial charge in [0, 0.05) is 44.1 Å². The van der Waals surface area contributed by atoms with E-state index in [-0.39, 0.29) is 10.8 Å². The number of fused-ring (bicyclic) bond motifs is 6. The smallest absolute Gasteiger partial charge is 0.164 e. The molecule has 0 bridgehead atoms. The molecule has 0 aliphatic heterocycles. The fourth-order valence-corrected chi connectivity index (χ4v) is 6.30. The first-order valence-corrected chi connectivity index (χ1v) is 14.1. The lowest BCUT2D eigenvalue weighted by Crippen LogP contribution is -2.24. The predicted octanol–water partition coefficient (Wildman–Crippen LogP) is 8.76. The Morgan fingerprint density at radius 2 is 1.32 bits per heavy atom. The Hall–Kier alpha value is -4.12. The van der Waals surface area contributed by atoms with Gasteiger partial charge in [0.2, 0.25) is 0 Å². The zero-order valence-corrected chi connectivity index (χ0v) is 24.9. The van der Waals surface area contributed by atoms with Crippen LogP contribution in [0.5, 0.6) is 0 Å². The molecule has 5 heteroatoms. The highest BCUT2D eigenvalue weighted by Crippen LogP contribution is 2.46. The maximum Gasteiger partial charge on any atom is 0.164 e. The van der Waals surface area contributed by atoms with Gasteiger partial charge in [0.15, 0.2) is 5.82 Å². The number of pyridine rings is 2. The van der Waals surface area contributed by atoms with Crippen LogP contribution in [0.25, 0.3) is 60.4 Å². The van der Waals surface area contributed by atoms with Crippen molar-refractivity contribution in [3.8, 4) is 11.4 Å². The third-order valence-corrected chi connectivity index (χ3v) is 8.12. The van der Waals surface area contributed by atoms with E-state index in [2.05, 4.69) is 109 Å². The maximum absolute atomic E-state index is 5.15. The molecule has 40 heavy (non-hydrogen) atoms. The topological polar surface area (TPSA) is 56.0 Å².